The number of hydrogen-bond acceptors (Lipinski definition) is 5. The molecule has 0 saturated heterocycles. The number of thiophene rings is 1. The zero-order valence-corrected chi connectivity index (χ0v) is 16.3. The van der Waals surface area contributed by atoms with Crippen molar-refractivity contribution >= 4 is 27.5 Å². The quantitative estimate of drug-likeness (QED) is 0.637. The van der Waals surface area contributed by atoms with Crippen LogP contribution in [0.3, 0.4) is 0 Å². The predicted octanol–water partition coefficient (Wildman–Crippen LogP) is 4.00. The second kappa shape index (κ2) is 7.41. The fourth-order valence-corrected chi connectivity index (χ4v) is 3.96. The van der Waals surface area contributed by atoms with Crippen molar-refractivity contribution in [3.63, 3.8) is 0 Å². The van der Waals surface area contributed by atoms with Crippen LogP contribution in [0.25, 0.3) is 21.6 Å². The van der Waals surface area contributed by atoms with Gasteiger partial charge < -0.3 is 4.74 Å². The maximum Gasteiger partial charge on any atom is 0.305 e. The van der Waals surface area contributed by atoms with Crippen LogP contribution in [-0.4, -0.2) is 22.6 Å². The lowest BCUT2D eigenvalue weighted by atomic mass is 10.1. The number of fused-ring (bicyclic) bond motifs is 1. The molecule has 0 unspecified atom stereocenters. The molecule has 3 rings (SSSR count). The van der Waals surface area contributed by atoms with Crippen LogP contribution in [-0.2, 0) is 16.1 Å². The number of hydrogen-bond donors (Lipinski definition) is 0. The summed E-state index contributed by atoms with van der Waals surface area (Å²) in [6.07, 6.45) is 0.802. The summed E-state index contributed by atoms with van der Waals surface area (Å²) in [5.41, 5.74) is 2.99. The largest absolute Gasteiger partial charge is 0.469 e. The van der Waals surface area contributed by atoms with E-state index >= 15 is 0 Å². The van der Waals surface area contributed by atoms with Gasteiger partial charge in [-0.1, -0.05) is 29.8 Å². The van der Waals surface area contributed by atoms with Gasteiger partial charge in [-0.2, -0.15) is 0 Å². The van der Waals surface area contributed by atoms with Crippen molar-refractivity contribution in [2.45, 2.75) is 40.2 Å². The molecule has 0 aliphatic carbocycles. The van der Waals surface area contributed by atoms with Gasteiger partial charge in [-0.15, -0.1) is 11.3 Å². The van der Waals surface area contributed by atoms with Gasteiger partial charge in [0.25, 0.3) is 5.56 Å². The van der Waals surface area contributed by atoms with E-state index in [0.717, 1.165) is 26.4 Å². The summed E-state index contributed by atoms with van der Waals surface area (Å²) < 4.78 is 6.39. The van der Waals surface area contributed by atoms with Gasteiger partial charge in [0.15, 0.2) is 0 Å². The van der Waals surface area contributed by atoms with Gasteiger partial charge in [-0.05, 0) is 32.8 Å². The summed E-state index contributed by atoms with van der Waals surface area (Å²) in [7, 11) is 1.37. The predicted molar refractivity (Wildman–Crippen MR) is 105 cm³/mol. The van der Waals surface area contributed by atoms with Crippen LogP contribution in [0.1, 0.15) is 28.8 Å². The minimum atomic E-state index is -0.272. The Labute approximate surface area is 156 Å². The third-order valence-electron chi connectivity index (χ3n) is 4.59. The number of methoxy groups -OCH3 is 1. The third-order valence-corrected chi connectivity index (χ3v) is 5.69. The van der Waals surface area contributed by atoms with Crippen LogP contribution in [0.2, 0.25) is 0 Å². The summed E-state index contributed by atoms with van der Waals surface area (Å²) in [5.74, 6) is 0.375. The Bertz CT molecular complexity index is 1020. The highest BCUT2D eigenvalue weighted by molar-refractivity contribution is 7.18. The lowest BCUT2D eigenvalue weighted by Crippen LogP contribution is -2.24. The number of benzene rings is 1. The summed E-state index contributed by atoms with van der Waals surface area (Å²) in [6, 6.07) is 7.98. The normalized spacial score (nSPS) is 11.1. The Balaban J connectivity index is 2.14. The zero-order valence-electron chi connectivity index (χ0n) is 15.5. The molecule has 1 aromatic carbocycles. The van der Waals surface area contributed by atoms with E-state index < -0.39 is 0 Å². The Kier molecular flexibility index (Phi) is 5.23. The lowest BCUT2D eigenvalue weighted by Gasteiger charge is -2.13. The van der Waals surface area contributed by atoms with Gasteiger partial charge in [0, 0.05) is 23.4 Å². The molecule has 2 heterocycles. The minimum Gasteiger partial charge on any atom is -0.469 e. The average molecular weight is 370 g/mol. The SMILES string of the molecule is COC(=O)CCCn1c(-c2ccc(C)cc2)nc2sc(C)c(C)c2c1=O. The maximum absolute atomic E-state index is 13.2. The molecule has 0 aliphatic heterocycles. The van der Waals surface area contributed by atoms with Crippen LogP contribution in [0.4, 0.5) is 0 Å². The zero-order chi connectivity index (χ0) is 18.8. The van der Waals surface area contributed by atoms with Crippen molar-refractivity contribution in [2.75, 3.05) is 7.11 Å². The third kappa shape index (κ3) is 3.42. The number of rotatable bonds is 5. The van der Waals surface area contributed by atoms with Crippen molar-refractivity contribution in [3.05, 3.63) is 50.6 Å². The molecule has 0 atom stereocenters. The van der Waals surface area contributed by atoms with Crippen molar-refractivity contribution in [3.8, 4) is 11.4 Å². The summed E-state index contributed by atoms with van der Waals surface area (Å²) in [4.78, 5) is 31.3. The van der Waals surface area contributed by atoms with Crippen molar-refractivity contribution in [1.29, 1.82) is 0 Å². The first-order valence-electron chi connectivity index (χ1n) is 8.56. The van der Waals surface area contributed by atoms with E-state index in [2.05, 4.69) is 0 Å². The number of ether oxygens (including phenoxy) is 1. The molecule has 0 radical (unpaired) electrons. The van der Waals surface area contributed by atoms with Crippen molar-refractivity contribution in [1.82, 2.24) is 9.55 Å². The molecular formula is C20H22N2O3S. The van der Waals surface area contributed by atoms with E-state index in [9.17, 15) is 9.59 Å². The lowest BCUT2D eigenvalue weighted by molar-refractivity contribution is -0.140. The van der Waals surface area contributed by atoms with Gasteiger partial charge >= 0.3 is 5.97 Å². The van der Waals surface area contributed by atoms with E-state index in [1.807, 2.05) is 45.0 Å². The molecule has 0 aliphatic rings. The van der Waals surface area contributed by atoms with Crippen molar-refractivity contribution < 1.29 is 9.53 Å². The first kappa shape index (κ1) is 18.3. The molecule has 5 nitrogen and oxygen atoms in total. The van der Waals surface area contributed by atoms with Gasteiger partial charge in [0.1, 0.15) is 10.7 Å². The topological polar surface area (TPSA) is 61.2 Å². The van der Waals surface area contributed by atoms with E-state index in [4.69, 9.17) is 9.72 Å². The monoisotopic (exact) mass is 370 g/mol. The highest BCUT2D eigenvalue weighted by Gasteiger charge is 2.17. The van der Waals surface area contributed by atoms with E-state index in [1.54, 1.807) is 15.9 Å². The number of esters is 1. The maximum atomic E-state index is 13.2. The van der Waals surface area contributed by atoms with Crippen LogP contribution in [0.5, 0.6) is 0 Å². The second-order valence-corrected chi connectivity index (χ2v) is 7.60. The molecule has 0 N–H and O–H groups in total. The van der Waals surface area contributed by atoms with Gasteiger partial charge in [-0.3, -0.25) is 14.2 Å². The molecule has 6 heteroatoms. The summed E-state index contributed by atoms with van der Waals surface area (Å²) in [6.45, 7) is 6.42. The second-order valence-electron chi connectivity index (χ2n) is 6.40. The number of aromatic nitrogens is 2. The van der Waals surface area contributed by atoms with Gasteiger partial charge in [0.05, 0.1) is 12.5 Å². The number of nitrogens with zero attached hydrogens (tertiary/aromatic N) is 2. The molecular weight excluding hydrogens is 348 g/mol. The highest BCUT2D eigenvalue weighted by atomic mass is 32.1. The fourth-order valence-electron chi connectivity index (χ4n) is 2.94. The molecule has 0 bridgehead atoms. The molecule has 2 aromatic heterocycles. The average Bonchev–Trinajstić information content (AvgIpc) is 2.91. The Morgan fingerprint density at radius 1 is 1.19 bits per heavy atom. The Morgan fingerprint density at radius 3 is 2.54 bits per heavy atom. The first-order valence-corrected chi connectivity index (χ1v) is 9.38. The molecule has 0 spiro atoms. The Morgan fingerprint density at radius 2 is 1.88 bits per heavy atom. The molecule has 3 aromatic rings. The molecule has 0 saturated carbocycles. The first-order chi connectivity index (χ1) is 12.4. The molecule has 136 valence electrons. The van der Waals surface area contributed by atoms with Crippen molar-refractivity contribution in [2.24, 2.45) is 0 Å². The summed E-state index contributed by atoms with van der Waals surface area (Å²) in [5, 5.41) is 0.682. The fraction of sp³-hybridized carbons (Fsp3) is 0.350. The van der Waals surface area contributed by atoms with Crippen LogP contribution in [0, 0.1) is 20.8 Å². The highest BCUT2D eigenvalue weighted by Crippen LogP contribution is 2.28. The molecule has 26 heavy (non-hydrogen) atoms. The molecule has 0 fully saturated rings. The van der Waals surface area contributed by atoms with Gasteiger partial charge in [0.2, 0.25) is 0 Å². The van der Waals surface area contributed by atoms with E-state index in [1.165, 1.54) is 7.11 Å². The molecule has 0 amide bonds. The van der Waals surface area contributed by atoms with Crippen LogP contribution in [0.15, 0.2) is 29.1 Å². The summed E-state index contributed by atoms with van der Waals surface area (Å²) >= 11 is 1.55. The van der Waals surface area contributed by atoms with E-state index in [0.29, 0.717) is 24.2 Å². The smallest absolute Gasteiger partial charge is 0.305 e. The number of carbonyl (C=O) groups excluding carboxylic acids is 1. The minimum absolute atomic E-state index is 0.0442. The Hall–Kier alpha value is -2.47. The number of aryl methyl sites for hydroxylation is 3. The number of carbonyl (C=O) groups is 1. The van der Waals surface area contributed by atoms with Crippen LogP contribution < -0.4 is 5.56 Å². The van der Waals surface area contributed by atoms with Gasteiger partial charge in [-0.25, -0.2) is 4.98 Å². The van der Waals surface area contributed by atoms with E-state index in [-0.39, 0.29) is 17.9 Å². The van der Waals surface area contributed by atoms with Crippen LogP contribution >= 0.6 is 11.3 Å². The standard InChI is InChI=1S/C20H22N2O3S/c1-12-7-9-15(10-8-12)18-21-19-17(13(2)14(3)26-19)20(24)22(18)11-5-6-16(23)25-4/h7-10H,5-6,11H2,1-4H3.